The number of carbonyl (C=O) groups is 1. The van der Waals surface area contributed by atoms with Crippen LogP contribution in [0.15, 0.2) is 48.9 Å². The van der Waals surface area contributed by atoms with Gasteiger partial charge in [-0.25, -0.2) is 4.98 Å². The van der Waals surface area contributed by atoms with Gasteiger partial charge in [0.15, 0.2) is 0 Å². The molecule has 3 heterocycles. The van der Waals surface area contributed by atoms with Gasteiger partial charge in [-0.2, -0.15) is 0 Å². The van der Waals surface area contributed by atoms with Crippen LogP contribution in [0.4, 0.5) is 5.82 Å². The van der Waals surface area contributed by atoms with Gasteiger partial charge in [-0.05, 0) is 30.7 Å². The molecule has 2 saturated heterocycles. The van der Waals surface area contributed by atoms with E-state index < -0.39 is 0 Å². The smallest absolute Gasteiger partial charge is 0.223 e. The summed E-state index contributed by atoms with van der Waals surface area (Å²) in [4.78, 5) is 25.8. The number of fused-ring (bicyclic) bond motifs is 1. The van der Waals surface area contributed by atoms with E-state index in [9.17, 15) is 4.79 Å². The van der Waals surface area contributed by atoms with Gasteiger partial charge in [0.25, 0.3) is 0 Å². The fraction of sp³-hybridized carbons (Fsp3) is 0.450. The summed E-state index contributed by atoms with van der Waals surface area (Å²) in [5.74, 6) is 1.84. The standard InChI is InChI=1S/C20H24N4O/c25-20(7-6-16-4-2-1-3-5-16)24-13-9-17-8-12-23(15-18(17)24)19-14-21-10-11-22-19/h1-5,10-11,14,17-18H,6-9,12-13,15H2. The van der Waals surface area contributed by atoms with Crippen molar-refractivity contribution in [2.75, 3.05) is 24.5 Å². The Morgan fingerprint density at radius 2 is 1.96 bits per heavy atom. The van der Waals surface area contributed by atoms with Crippen LogP contribution < -0.4 is 4.90 Å². The summed E-state index contributed by atoms with van der Waals surface area (Å²) in [5, 5.41) is 0. The highest BCUT2D eigenvalue weighted by molar-refractivity contribution is 5.77. The van der Waals surface area contributed by atoms with Crippen molar-refractivity contribution in [1.82, 2.24) is 14.9 Å². The number of anilines is 1. The predicted octanol–water partition coefficient (Wildman–Crippen LogP) is 2.54. The molecule has 0 N–H and O–H groups in total. The molecule has 2 fully saturated rings. The Kier molecular flexibility index (Phi) is 4.63. The van der Waals surface area contributed by atoms with Gasteiger partial charge in [-0.15, -0.1) is 0 Å². The molecule has 4 rings (SSSR count). The molecule has 25 heavy (non-hydrogen) atoms. The van der Waals surface area contributed by atoms with Crippen molar-refractivity contribution in [2.45, 2.75) is 31.7 Å². The highest BCUT2D eigenvalue weighted by Gasteiger charge is 2.40. The molecule has 2 aliphatic rings. The number of aromatic nitrogens is 2. The molecule has 130 valence electrons. The quantitative estimate of drug-likeness (QED) is 0.861. The molecule has 2 aromatic rings. The Morgan fingerprint density at radius 1 is 1.12 bits per heavy atom. The van der Waals surface area contributed by atoms with Gasteiger partial charge in [0, 0.05) is 38.4 Å². The number of rotatable bonds is 4. The van der Waals surface area contributed by atoms with Crippen molar-refractivity contribution in [2.24, 2.45) is 5.92 Å². The van der Waals surface area contributed by atoms with Crippen LogP contribution in [0.3, 0.4) is 0 Å². The monoisotopic (exact) mass is 336 g/mol. The number of likely N-dealkylation sites (tertiary alicyclic amines) is 1. The molecule has 1 aromatic heterocycles. The van der Waals surface area contributed by atoms with Gasteiger partial charge < -0.3 is 9.80 Å². The third kappa shape index (κ3) is 3.50. The molecule has 2 unspecified atom stereocenters. The van der Waals surface area contributed by atoms with Gasteiger partial charge in [0.05, 0.1) is 12.2 Å². The normalized spacial score (nSPS) is 22.7. The van der Waals surface area contributed by atoms with E-state index in [-0.39, 0.29) is 5.91 Å². The summed E-state index contributed by atoms with van der Waals surface area (Å²) < 4.78 is 0. The maximum atomic E-state index is 12.8. The average molecular weight is 336 g/mol. The second-order valence-corrected chi connectivity index (χ2v) is 6.99. The lowest BCUT2D eigenvalue weighted by Crippen LogP contribution is -2.50. The van der Waals surface area contributed by atoms with E-state index in [1.165, 1.54) is 5.56 Å². The van der Waals surface area contributed by atoms with Gasteiger partial charge in [-0.1, -0.05) is 30.3 Å². The number of piperidine rings is 1. The van der Waals surface area contributed by atoms with Crippen molar-refractivity contribution in [3.63, 3.8) is 0 Å². The summed E-state index contributed by atoms with van der Waals surface area (Å²) >= 11 is 0. The lowest BCUT2D eigenvalue weighted by Gasteiger charge is -2.39. The SMILES string of the molecule is O=C(CCc1ccccc1)N1CCC2CCN(c3cnccn3)CC21. The van der Waals surface area contributed by atoms with Crippen LogP contribution in [0.1, 0.15) is 24.8 Å². The van der Waals surface area contributed by atoms with E-state index in [2.05, 4.69) is 31.9 Å². The minimum atomic E-state index is 0.289. The Hall–Kier alpha value is -2.43. The van der Waals surface area contributed by atoms with Crippen molar-refractivity contribution >= 4 is 11.7 Å². The van der Waals surface area contributed by atoms with Crippen LogP contribution in [-0.2, 0) is 11.2 Å². The molecule has 1 aromatic carbocycles. The zero-order valence-corrected chi connectivity index (χ0v) is 14.4. The number of hydrogen-bond donors (Lipinski definition) is 0. The molecular formula is C20H24N4O. The molecular weight excluding hydrogens is 312 g/mol. The average Bonchev–Trinajstić information content (AvgIpc) is 3.11. The molecule has 2 aliphatic heterocycles. The highest BCUT2D eigenvalue weighted by atomic mass is 16.2. The molecule has 0 aliphatic carbocycles. The van der Waals surface area contributed by atoms with E-state index in [1.807, 2.05) is 24.4 Å². The number of nitrogens with zero attached hydrogens (tertiary/aromatic N) is 4. The Labute approximate surface area is 148 Å². The van der Waals surface area contributed by atoms with Gasteiger partial charge in [-0.3, -0.25) is 9.78 Å². The minimum Gasteiger partial charge on any atom is -0.353 e. The van der Waals surface area contributed by atoms with Crippen LogP contribution in [0.25, 0.3) is 0 Å². The minimum absolute atomic E-state index is 0.289. The molecule has 5 heteroatoms. The van der Waals surface area contributed by atoms with Crippen LogP contribution in [0.2, 0.25) is 0 Å². The summed E-state index contributed by atoms with van der Waals surface area (Å²) in [6.07, 6.45) is 8.93. The largest absolute Gasteiger partial charge is 0.353 e. The molecule has 0 spiro atoms. The van der Waals surface area contributed by atoms with Crippen LogP contribution in [0, 0.1) is 5.92 Å². The molecule has 0 radical (unpaired) electrons. The second kappa shape index (κ2) is 7.21. The highest BCUT2D eigenvalue weighted by Crippen LogP contribution is 2.33. The van der Waals surface area contributed by atoms with E-state index in [4.69, 9.17) is 0 Å². The summed E-state index contributed by atoms with van der Waals surface area (Å²) in [6.45, 7) is 2.78. The third-order valence-electron chi connectivity index (χ3n) is 5.53. The van der Waals surface area contributed by atoms with Gasteiger partial charge in [0.1, 0.15) is 5.82 Å². The van der Waals surface area contributed by atoms with E-state index in [0.717, 1.165) is 44.7 Å². The van der Waals surface area contributed by atoms with Crippen molar-refractivity contribution < 1.29 is 4.79 Å². The zero-order valence-electron chi connectivity index (χ0n) is 14.4. The van der Waals surface area contributed by atoms with E-state index in [0.29, 0.717) is 18.4 Å². The van der Waals surface area contributed by atoms with Gasteiger partial charge >= 0.3 is 0 Å². The second-order valence-electron chi connectivity index (χ2n) is 6.99. The fourth-order valence-corrected chi connectivity index (χ4v) is 4.15. The molecule has 0 bridgehead atoms. The van der Waals surface area contributed by atoms with Crippen LogP contribution >= 0.6 is 0 Å². The zero-order chi connectivity index (χ0) is 17.1. The number of amides is 1. The summed E-state index contributed by atoms with van der Waals surface area (Å²) in [7, 11) is 0. The Bertz CT molecular complexity index is 706. The topological polar surface area (TPSA) is 49.3 Å². The van der Waals surface area contributed by atoms with Crippen molar-refractivity contribution in [3.05, 3.63) is 54.5 Å². The lowest BCUT2D eigenvalue weighted by atomic mass is 9.92. The summed E-state index contributed by atoms with van der Waals surface area (Å²) in [5.41, 5.74) is 1.23. The van der Waals surface area contributed by atoms with E-state index >= 15 is 0 Å². The first-order valence-corrected chi connectivity index (χ1v) is 9.15. The first kappa shape index (κ1) is 16.1. The third-order valence-corrected chi connectivity index (χ3v) is 5.53. The van der Waals surface area contributed by atoms with Crippen LogP contribution in [-0.4, -0.2) is 46.5 Å². The fourth-order valence-electron chi connectivity index (χ4n) is 4.15. The maximum absolute atomic E-state index is 12.8. The van der Waals surface area contributed by atoms with E-state index in [1.54, 1.807) is 12.4 Å². The molecule has 0 saturated carbocycles. The van der Waals surface area contributed by atoms with Crippen molar-refractivity contribution in [1.29, 1.82) is 0 Å². The summed E-state index contributed by atoms with van der Waals surface area (Å²) in [6, 6.07) is 10.6. The number of carbonyl (C=O) groups excluding carboxylic acids is 1. The Balaban J connectivity index is 1.40. The first-order chi connectivity index (χ1) is 12.3. The Morgan fingerprint density at radius 3 is 2.76 bits per heavy atom. The maximum Gasteiger partial charge on any atom is 0.223 e. The molecule has 1 amide bonds. The lowest BCUT2D eigenvalue weighted by molar-refractivity contribution is -0.132. The molecule has 5 nitrogen and oxygen atoms in total. The number of hydrogen-bond acceptors (Lipinski definition) is 4. The molecule has 2 atom stereocenters. The van der Waals surface area contributed by atoms with Crippen LogP contribution in [0.5, 0.6) is 0 Å². The first-order valence-electron chi connectivity index (χ1n) is 9.15. The van der Waals surface area contributed by atoms with Gasteiger partial charge in [0.2, 0.25) is 5.91 Å². The number of benzene rings is 1. The predicted molar refractivity (Wildman–Crippen MR) is 97.2 cm³/mol. The number of aryl methyl sites for hydroxylation is 1. The van der Waals surface area contributed by atoms with Crippen molar-refractivity contribution in [3.8, 4) is 0 Å².